The SMILES string of the molecule is C=C=C=C=C=C=C=C=C=C=C=C=C=COC=C=C. The molecule has 0 spiro atoms. The summed E-state index contributed by atoms with van der Waals surface area (Å²) in [5.74, 6) is 0. The molecular formula is C17H6O. The monoisotopic (exact) mass is 226 g/mol. The molecule has 1 heteroatoms. The van der Waals surface area contributed by atoms with E-state index in [0.717, 1.165) is 0 Å². The molecule has 0 unspecified atom stereocenters. The zero-order chi connectivity index (χ0) is 13.3. The Hall–Kier alpha value is -3.58. The van der Waals surface area contributed by atoms with Crippen molar-refractivity contribution < 1.29 is 4.74 Å². The molecule has 0 aliphatic carbocycles. The standard InChI is InChI=1S/C17H6O/c1-3-5-6-7-8-9-10-11-12-13-14-15-17-18-16-4-2/h16-17H,1-2H2. The zero-order valence-corrected chi connectivity index (χ0v) is 9.48. The molecule has 0 saturated carbocycles. The predicted molar refractivity (Wildman–Crippen MR) is 67.1 cm³/mol. The van der Waals surface area contributed by atoms with Crippen molar-refractivity contribution in [2.75, 3.05) is 0 Å². The van der Waals surface area contributed by atoms with E-state index in [1.165, 1.54) is 12.5 Å². The number of rotatable bonds is 2. The van der Waals surface area contributed by atoms with Crippen molar-refractivity contribution >= 4 is 0 Å². The average Bonchev–Trinajstić information content (AvgIpc) is 2.39. The van der Waals surface area contributed by atoms with Gasteiger partial charge in [0.1, 0.15) is 12.5 Å². The van der Waals surface area contributed by atoms with Gasteiger partial charge in [-0.3, -0.25) is 0 Å². The fourth-order valence-electron chi connectivity index (χ4n) is 0.476. The Balaban J connectivity index is 5.24. The van der Waals surface area contributed by atoms with E-state index in [1.807, 2.05) is 0 Å². The van der Waals surface area contributed by atoms with Gasteiger partial charge in [0.2, 0.25) is 0 Å². The second kappa shape index (κ2) is 13.4. The minimum absolute atomic E-state index is 1.26. The van der Waals surface area contributed by atoms with Crippen LogP contribution in [-0.2, 0) is 4.74 Å². The molecule has 0 aliphatic rings. The lowest BCUT2D eigenvalue weighted by Crippen LogP contribution is -1.55. The van der Waals surface area contributed by atoms with Gasteiger partial charge in [0, 0.05) is 0 Å². The van der Waals surface area contributed by atoms with Gasteiger partial charge in [-0.1, -0.05) is 18.0 Å². The molecule has 0 rings (SSSR count). The van der Waals surface area contributed by atoms with Crippen molar-refractivity contribution in [3.05, 3.63) is 100 Å². The Labute approximate surface area is 105 Å². The van der Waals surface area contributed by atoms with Crippen LogP contribution in [0, 0.1) is 0 Å². The second-order valence-corrected chi connectivity index (χ2v) is 2.15. The first-order chi connectivity index (χ1) is 8.91. The summed E-state index contributed by atoms with van der Waals surface area (Å²) in [7, 11) is 0. The summed E-state index contributed by atoms with van der Waals surface area (Å²) in [6.45, 7) is 6.60. The van der Waals surface area contributed by atoms with Crippen LogP contribution in [0.1, 0.15) is 0 Å². The molecule has 0 aromatic rings. The Morgan fingerprint density at radius 1 is 0.611 bits per heavy atom. The molecule has 0 heterocycles. The van der Waals surface area contributed by atoms with Crippen LogP contribution >= 0.6 is 0 Å². The summed E-state index contributed by atoms with van der Waals surface area (Å²) in [5, 5.41) is 0. The lowest BCUT2D eigenvalue weighted by molar-refractivity contribution is 0.405. The van der Waals surface area contributed by atoms with Crippen molar-refractivity contribution in [3.8, 4) is 0 Å². The van der Waals surface area contributed by atoms with Gasteiger partial charge >= 0.3 is 0 Å². The molecule has 18 heavy (non-hydrogen) atoms. The predicted octanol–water partition coefficient (Wildman–Crippen LogP) is 3.31. The van der Waals surface area contributed by atoms with Crippen LogP contribution < -0.4 is 0 Å². The molecular weight excluding hydrogens is 220 g/mol. The van der Waals surface area contributed by atoms with Crippen molar-refractivity contribution in [2.45, 2.75) is 0 Å². The average molecular weight is 226 g/mol. The second-order valence-electron chi connectivity index (χ2n) is 2.15. The number of hydrogen-bond acceptors (Lipinski definition) is 1. The van der Waals surface area contributed by atoms with Gasteiger partial charge in [-0.05, 0) is 69.6 Å². The third-order valence-electron chi connectivity index (χ3n) is 1.00. The van der Waals surface area contributed by atoms with Crippen molar-refractivity contribution in [3.63, 3.8) is 0 Å². The molecule has 1 nitrogen and oxygen atoms in total. The van der Waals surface area contributed by atoms with E-state index in [-0.39, 0.29) is 0 Å². The number of ether oxygens (including phenoxy) is 1. The molecule has 0 atom stereocenters. The Morgan fingerprint density at radius 3 is 1.61 bits per heavy atom. The van der Waals surface area contributed by atoms with Gasteiger partial charge in [-0.15, -0.1) is 0 Å². The van der Waals surface area contributed by atoms with Gasteiger partial charge in [0.25, 0.3) is 0 Å². The van der Waals surface area contributed by atoms with Gasteiger partial charge in [-0.2, -0.15) is 0 Å². The van der Waals surface area contributed by atoms with E-state index < -0.39 is 0 Å². The molecule has 0 bridgehead atoms. The van der Waals surface area contributed by atoms with Crippen LogP contribution in [0.2, 0.25) is 0 Å². The van der Waals surface area contributed by atoms with Crippen LogP contribution in [0.5, 0.6) is 0 Å². The van der Waals surface area contributed by atoms with Crippen LogP contribution in [0.3, 0.4) is 0 Å². The highest BCUT2D eigenvalue weighted by molar-refractivity contribution is 4.91. The van der Waals surface area contributed by atoms with Crippen LogP contribution in [0.25, 0.3) is 0 Å². The van der Waals surface area contributed by atoms with E-state index in [9.17, 15) is 0 Å². The fraction of sp³-hybridized carbons (Fsp3) is 0. The smallest absolute Gasteiger partial charge is 0.142 e. The molecule has 0 saturated heterocycles. The molecule has 0 amide bonds. The Bertz CT molecular complexity index is 786. The highest BCUT2D eigenvalue weighted by Crippen LogP contribution is 1.72. The quantitative estimate of drug-likeness (QED) is 0.518. The summed E-state index contributed by atoms with van der Waals surface area (Å²) >= 11 is 0. The van der Waals surface area contributed by atoms with E-state index in [0.29, 0.717) is 0 Å². The van der Waals surface area contributed by atoms with Crippen LogP contribution in [-0.4, -0.2) is 0 Å². The lowest BCUT2D eigenvalue weighted by atomic mass is 10.6. The van der Waals surface area contributed by atoms with E-state index in [1.54, 1.807) is 0 Å². The fourth-order valence-corrected chi connectivity index (χ4v) is 0.476. The Kier molecular flexibility index (Phi) is 10.8. The summed E-state index contributed by atoms with van der Waals surface area (Å²) in [6, 6.07) is 0. The summed E-state index contributed by atoms with van der Waals surface area (Å²) in [6.07, 6.45) is 2.54. The first kappa shape index (κ1) is 14.4. The molecule has 0 radical (unpaired) electrons. The van der Waals surface area contributed by atoms with Crippen LogP contribution in [0.15, 0.2) is 100 Å². The maximum absolute atomic E-state index is 4.72. The van der Waals surface area contributed by atoms with E-state index in [4.69, 9.17) is 4.74 Å². The molecule has 0 N–H and O–H groups in total. The van der Waals surface area contributed by atoms with Gasteiger partial charge in [0.15, 0.2) is 0 Å². The third kappa shape index (κ3) is 12.4. The van der Waals surface area contributed by atoms with E-state index >= 15 is 0 Å². The highest BCUT2D eigenvalue weighted by atomic mass is 16.5. The summed E-state index contributed by atoms with van der Waals surface area (Å²) in [5.41, 5.74) is 32.1. The van der Waals surface area contributed by atoms with E-state index in [2.05, 4.69) is 87.7 Å². The normalized spacial score (nSPS) is 4.44. The maximum atomic E-state index is 4.72. The molecule has 0 aliphatic heterocycles. The zero-order valence-electron chi connectivity index (χ0n) is 9.48. The third-order valence-corrected chi connectivity index (χ3v) is 1.00. The van der Waals surface area contributed by atoms with Gasteiger partial charge in [0.05, 0.1) is 0 Å². The minimum Gasteiger partial charge on any atom is -0.456 e. The molecule has 0 aromatic heterocycles. The lowest BCUT2D eigenvalue weighted by Gasteiger charge is -1.76. The van der Waals surface area contributed by atoms with Crippen molar-refractivity contribution in [1.29, 1.82) is 0 Å². The first-order valence-electron chi connectivity index (χ1n) is 4.51. The largest absolute Gasteiger partial charge is 0.456 e. The summed E-state index contributed by atoms with van der Waals surface area (Å²) < 4.78 is 4.72. The Morgan fingerprint density at radius 2 is 1.11 bits per heavy atom. The maximum Gasteiger partial charge on any atom is 0.142 e. The highest BCUT2D eigenvalue weighted by Gasteiger charge is 1.55. The van der Waals surface area contributed by atoms with Gasteiger partial charge in [-0.25, -0.2) is 0 Å². The molecule has 0 aromatic carbocycles. The number of hydrogen-bond donors (Lipinski definition) is 0. The first-order valence-corrected chi connectivity index (χ1v) is 4.51. The minimum atomic E-state index is 1.26. The molecule has 80 valence electrons. The summed E-state index contributed by atoms with van der Waals surface area (Å²) in [4.78, 5) is 0. The van der Waals surface area contributed by atoms with Gasteiger partial charge < -0.3 is 4.74 Å². The molecule has 0 fully saturated rings. The van der Waals surface area contributed by atoms with Crippen molar-refractivity contribution in [1.82, 2.24) is 0 Å². The van der Waals surface area contributed by atoms with Crippen molar-refractivity contribution in [2.24, 2.45) is 0 Å². The van der Waals surface area contributed by atoms with Crippen LogP contribution in [0.4, 0.5) is 0 Å². The topological polar surface area (TPSA) is 9.23 Å².